The minimum Gasteiger partial charge on any atom is -0.379 e. The lowest BCUT2D eigenvalue weighted by Crippen LogP contribution is -2.40. The average Bonchev–Trinajstić information content (AvgIpc) is 2.64. The molecule has 4 heteroatoms. The molecule has 0 aromatic heterocycles. The van der Waals surface area contributed by atoms with Crippen LogP contribution in [-0.2, 0) is 14.3 Å². The zero-order chi connectivity index (χ0) is 11.5. The van der Waals surface area contributed by atoms with E-state index in [4.69, 9.17) is 9.47 Å². The number of amides is 1. The summed E-state index contributed by atoms with van der Waals surface area (Å²) in [5.41, 5.74) is -0.261. The zero-order valence-corrected chi connectivity index (χ0v) is 10.1. The molecule has 1 amide bonds. The zero-order valence-electron chi connectivity index (χ0n) is 10.1. The summed E-state index contributed by atoms with van der Waals surface area (Å²) < 4.78 is 10.7. The summed E-state index contributed by atoms with van der Waals surface area (Å²) in [4.78, 5) is 13.5. The maximum Gasteiger partial charge on any atom is 0.248 e. The van der Waals surface area contributed by atoms with Crippen LogP contribution in [0.3, 0.4) is 0 Å². The summed E-state index contributed by atoms with van der Waals surface area (Å²) in [6, 6.07) is 0.223. The Morgan fingerprint density at radius 1 is 1.53 bits per heavy atom. The Labute approximate surface area is 91.5 Å². The third kappa shape index (κ3) is 4.18. The van der Waals surface area contributed by atoms with Gasteiger partial charge >= 0.3 is 0 Å². The van der Waals surface area contributed by atoms with Crippen molar-refractivity contribution in [3.63, 3.8) is 0 Å². The van der Waals surface area contributed by atoms with Gasteiger partial charge in [-0.15, -0.1) is 0 Å². The molecule has 0 spiro atoms. The van der Waals surface area contributed by atoms with Gasteiger partial charge in [0.05, 0.1) is 18.2 Å². The summed E-state index contributed by atoms with van der Waals surface area (Å²) in [5, 5.41) is 0. The summed E-state index contributed by atoms with van der Waals surface area (Å²) in [6.45, 7) is 7.38. The van der Waals surface area contributed by atoms with Gasteiger partial charge in [-0.25, -0.2) is 0 Å². The molecule has 0 aromatic rings. The van der Waals surface area contributed by atoms with Crippen LogP contribution in [0.25, 0.3) is 0 Å². The molecule has 0 saturated carbocycles. The van der Waals surface area contributed by atoms with Crippen molar-refractivity contribution in [1.82, 2.24) is 4.90 Å². The minimum atomic E-state index is -0.261. The summed E-state index contributed by atoms with van der Waals surface area (Å²) in [6.07, 6.45) is 0.928. The number of hydrogen-bond acceptors (Lipinski definition) is 3. The number of nitrogens with zero attached hydrogens (tertiary/aromatic N) is 1. The lowest BCUT2D eigenvalue weighted by Gasteiger charge is -2.25. The number of ether oxygens (including phenoxy) is 2. The monoisotopic (exact) mass is 215 g/mol. The van der Waals surface area contributed by atoms with Crippen LogP contribution in [-0.4, -0.2) is 49.3 Å². The van der Waals surface area contributed by atoms with Crippen LogP contribution in [0.4, 0.5) is 0 Å². The molecule has 1 aliphatic heterocycles. The van der Waals surface area contributed by atoms with Crippen molar-refractivity contribution >= 4 is 5.91 Å². The molecule has 1 fully saturated rings. The third-order valence-electron chi connectivity index (χ3n) is 2.48. The van der Waals surface area contributed by atoms with E-state index < -0.39 is 0 Å². The number of hydrogen-bond donors (Lipinski definition) is 0. The fourth-order valence-corrected chi connectivity index (χ4v) is 1.41. The first-order valence-corrected chi connectivity index (χ1v) is 5.37. The molecular weight excluding hydrogens is 194 g/mol. The van der Waals surface area contributed by atoms with E-state index in [-0.39, 0.29) is 24.2 Å². The highest BCUT2D eigenvalue weighted by atomic mass is 16.5. The van der Waals surface area contributed by atoms with Gasteiger partial charge in [-0.3, -0.25) is 4.79 Å². The molecule has 0 bridgehead atoms. The Morgan fingerprint density at radius 3 is 2.67 bits per heavy atom. The molecule has 1 saturated heterocycles. The molecule has 15 heavy (non-hydrogen) atoms. The van der Waals surface area contributed by atoms with E-state index in [9.17, 15) is 4.79 Å². The molecule has 88 valence electrons. The van der Waals surface area contributed by atoms with E-state index in [0.717, 1.165) is 13.0 Å². The quantitative estimate of drug-likeness (QED) is 0.706. The second-order valence-corrected chi connectivity index (χ2v) is 4.92. The van der Waals surface area contributed by atoms with Gasteiger partial charge in [0.15, 0.2) is 0 Å². The second kappa shape index (κ2) is 4.94. The molecular formula is C11H21NO3. The molecule has 1 heterocycles. The van der Waals surface area contributed by atoms with Crippen molar-refractivity contribution in [3.8, 4) is 0 Å². The van der Waals surface area contributed by atoms with E-state index in [2.05, 4.69) is 0 Å². The Balaban J connectivity index is 2.32. The second-order valence-electron chi connectivity index (χ2n) is 4.92. The average molecular weight is 215 g/mol. The number of carbonyl (C=O) groups is 1. The molecule has 0 N–H and O–H groups in total. The predicted molar refractivity (Wildman–Crippen MR) is 57.7 cm³/mol. The number of carbonyl (C=O) groups excluding carboxylic acids is 1. The SMILES string of the molecule is CN(C(=O)COC(C)(C)C)C1CCOC1. The standard InChI is InChI=1S/C11H21NO3/c1-11(2,3)15-8-10(13)12(4)9-5-6-14-7-9/h9H,5-8H2,1-4H3. The van der Waals surface area contributed by atoms with E-state index in [1.807, 2.05) is 27.8 Å². The molecule has 1 rings (SSSR count). The van der Waals surface area contributed by atoms with Crippen molar-refractivity contribution < 1.29 is 14.3 Å². The fraction of sp³-hybridized carbons (Fsp3) is 0.909. The minimum absolute atomic E-state index is 0.0282. The number of rotatable bonds is 3. The lowest BCUT2D eigenvalue weighted by atomic mass is 10.2. The summed E-state index contributed by atoms with van der Waals surface area (Å²) in [5.74, 6) is 0.0282. The Morgan fingerprint density at radius 2 is 2.20 bits per heavy atom. The highest BCUT2D eigenvalue weighted by molar-refractivity contribution is 5.77. The van der Waals surface area contributed by atoms with Gasteiger partial charge in [-0.05, 0) is 27.2 Å². The van der Waals surface area contributed by atoms with Crippen LogP contribution < -0.4 is 0 Å². The topological polar surface area (TPSA) is 38.8 Å². The highest BCUT2D eigenvalue weighted by Crippen LogP contribution is 2.12. The molecule has 1 aliphatic rings. The van der Waals surface area contributed by atoms with E-state index in [0.29, 0.717) is 6.61 Å². The first kappa shape index (κ1) is 12.5. The Bertz CT molecular complexity index is 216. The first-order valence-electron chi connectivity index (χ1n) is 5.37. The van der Waals surface area contributed by atoms with Gasteiger partial charge in [0.25, 0.3) is 0 Å². The molecule has 0 aliphatic carbocycles. The van der Waals surface area contributed by atoms with Gasteiger partial charge in [-0.1, -0.05) is 0 Å². The summed E-state index contributed by atoms with van der Waals surface area (Å²) in [7, 11) is 1.81. The molecule has 0 aromatic carbocycles. The van der Waals surface area contributed by atoms with E-state index in [1.165, 1.54) is 0 Å². The smallest absolute Gasteiger partial charge is 0.248 e. The highest BCUT2D eigenvalue weighted by Gasteiger charge is 2.25. The molecule has 0 radical (unpaired) electrons. The van der Waals surface area contributed by atoms with Crippen molar-refractivity contribution in [1.29, 1.82) is 0 Å². The fourth-order valence-electron chi connectivity index (χ4n) is 1.41. The van der Waals surface area contributed by atoms with Crippen LogP contribution in [0, 0.1) is 0 Å². The van der Waals surface area contributed by atoms with E-state index >= 15 is 0 Å². The normalized spacial score (nSPS) is 21.7. The maximum atomic E-state index is 11.7. The number of likely N-dealkylation sites (N-methyl/N-ethyl adjacent to an activating group) is 1. The van der Waals surface area contributed by atoms with Gasteiger partial charge in [0.2, 0.25) is 5.91 Å². The van der Waals surface area contributed by atoms with Crippen molar-refractivity contribution in [2.45, 2.75) is 38.8 Å². The van der Waals surface area contributed by atoms with Crippen LogP contribution in [0.1, 0.15) is 27.2 Å². The first-order chi connectivity index (χ1) is 6.90. The Hall–Kier alpha value is -0.610. The molecule has 1 atom stereocenters. The van der Waals surface area contributed by atoms with Gasteiger partial charge < -0.3 is 14.4 Å². The van der Waals surface area contributed by atoms with Gasteiger partial charge in [0.1, 0.15) is 6.61 Å². The van der Waals surface area contributed by atoms with Crippen LogP contribution in [0.2, 0.25) is 0 Å². The summed E-state index contributed by atoms with van der Waals surface area (Å²) >= 11 is 0. The predicted octanol–water partition coefficient (Wildman–Crippen LogP) is 1.05. The van der Waals surface area contributed by atoms with Crippen molar-refractivity contribution in [3.05, 3.63) is 0 Å². The van der Waals surface area contributed by atoms with Crippen molar-refractivity contribution in [2.75, 3.05) is 26.9 Å². The third-order valence-corrected chi connectivity index (χ3v) is 2.48. The van der Waals surface area contributed by atoms with Gasteiger partial charge in [0, 0.05) is 13.7 Å². The van der Waals surface area contributed by atoms with Gasteiger partial charge in [-0.2, -0.15) is 0 Å². The van der Waals surface area contributed by atoms with E-state index in [1.54, 1.807) is 4.90 Å². The van der Waals surface area contributed by atoms with Crippen LogP contribution in [0.15, 0.2) is 0 Å². The Kier molecular flexibility index (Phi) is 4.11. The van der Waals surface area contributed by atoms with Crippen LogP contribution >= 0.6 is 0 Å². The van der Waals surface area contributed by atoms with Crippen molar-refractivity contribution in [2.24, 2.45) is 0 Å². The maximum absolute atomic E-state index is 11.7. The molecule has 4 nitrogen and oxygen atoms in total. The largest absolute Gasteiger partial charge is 0.379 e. The van der Waals surface area contributed by atoms with Crippen LogP contribution in [0.5, 0.6) is 0 Å². The lowest BCUT2D eigenvalue weighted by molar-refractivity contribution is -0.141. The molecule has 1 unspecified atom stereocenters.